The minimum Gasteiger partial charge on any atom is -0.469 e. The van der Waals surface area contributed by atoms with E-state index < -0.39 is 0 Å². The van der Waals surface area contributed by atoms with E-state index in [1.54, 1.807) is 18.4 Å². The summed E-state index contributed by atoms with van der Waals surface area (Å²) in [4.78, 5) is 42.6. The van der Waals surface area contributed by atoms with Crippen molar-refractivity contribution in [1.29, 1.82) is 0 Å². The van der Waals surface area contributed by atoms with Crippen molar-refractivity contribution in [3.63, 3.8) is 0 Å². The smallest absolute Gasteiger partial charge is 0.260 e. The fraction of sp³-hybridized carbons (Fsp3) is 0.474. The lowest BCUT2D eigenvalue weighted by molar-refractivity contribution is -0.135. The first-order valence-corrected chi connectivity index (χ1v) is 10.2. The quantitative estimate of drug-likeness (QED) is 0.631. The molecule has 152 valence electrons. The van der Waals surface area contributed by atoms with E-state index in [-0.39, 0.29) is 30.7 Å². The van der Waals surface area contributed by atoms with Crippen LogP contribution in [0.2, 0.25) is 0 Å². The van der Waals surface area contributed by atoms with Crippen LogP contribution in [0.5, 0.6) is 0 Å². The molecule has 0 aliphatic carbocycles. The largest absolute Gasteiger partial charge is 0.469 e. The Bertz CT molecular complexity index is 814. The summed E-state index contributed by atoms with van der Waals surface area (Å²) in [5.74, 6) is -0.104. The summed E-state index contributed by atoms with van der Waals surface area (Å²) in [5, 5.41) is 7.64. The normalized spacial score (nSPS) is 10.5. The lowest BCUT2D eigenvalue weighted by Gasteiger charge is -2.21. The van der Waals surface area contributed by atoms with Gasteiger partial charge in [0.2, 0.25) is 11.8 Å². The average Bonchev–Trinajstić information content (AvgIpc) is 3.28. The number of aryl methyl sites for hydroxylation is 1. The number of carbonyl (C=O) groups excluding carboxylic acids is 3. The molecule has 9 heteroatoms. The molecule has 0 atom stereocenters. The number of rotatable bonds is 10. The molecule has 28 heavy (non-hydrogen) atoms. The Kier molecular flexibility index (Phi) is 8.19. The minimum atomic E-state index is -0.307. The zero-order chi connectivity index (χ0) is 20.5. The van der Waals surface area contributed by atoms with Gasteiger partial charge in [0, 0.05) is 18.5 Å². The Labute approximate surface area is 168 Å². The number of nitrogens with zero attached hydrogens (tertiary/aromatic N) is 2. The fourth-order valence-corrected chi connectivity index (χ4v) is 3.26. The first-order valence-electron chi connectivity index (χ1n) is 9.28. The van der Waals surface area contributed by atoms with Crippen molar-refractivity contribution in [3.05, 3.63) is 34.7 Å². The molecular weight excluding hydrogens is 380 g/mol. The third kappa shape index (κ3) is 6.19. The summed E-state index contributed by atoms with van der Waals surface area (Å²) < 4.78 is 5.13. The van der Waals surface area contributed by atoms with Crippen LogP contribution in [0.3, 0.4) is 0 Å². The highest BCUT2D eigenvalue weighted by Gasteiger charge is 2.19. The van der Waals surface area contributed by atoms with Crippen LogP contribution in [0.1, 0.15) is 48.5 Å². The highest BCUT2D eigenvalue weighted by atomic mass is 32.1. The molecule has 8 nitrogen and oxygen atoms in total. The maximum atomic E-state index is 12.6. The first-order chi connectivity index (χ1) is 13.4. The Morgan fingerprint density at radius 1 is 1.25 bits per heavy atom. The van der Waals surface area contributed by atoms with Gasteiger partial charge in [0.25, 0.3) is 5.91 Å². The van der Waals surface area contributed by atoms with Crippen molar-refractivity contribution in [2.45, 2.75) is 40.0 Å². The standard InChI is InChI=1S/C19H26N4O4S/c1-4-7-20-16(24)11-23(8-5-2)17(25)10-14-12-28-19(21-14)22-18(26)15-6-9-27-13(15)3/h6,9,12H,4-5,7-8,10-11H2,1-3H3,(H,20,24)(H,21,22,26). The number of anilines is 1. The van der Waals surface area contributed by atoms with Gasteiger partial charge in [-0.3, -0.25) is 19.7 Å². The van der Waals surface area contributed by atoms with Gasteiger partial charge >= 0.3 is 0 Å². The highest BCUT2D eigenvalue weighted by molar-refractivity contribution is 7.14. The van der Waals surface area contributed by atoms with Crippen LogP contribution in [0, 0.1) is 6.92 Å². The third-order valence-electron chi connectivity index (χ3n) is 3.96. The lowest BCUT2D eigenvalue weighted by atomic mass is 10.2. The lowest BCUT2D eigenvalue weighted by Crippen LogP contribution is -2.42. The molecule has 0 saturated carbocycles. The molecule has 0 radical (unpaired) electrons. The first kappa shape index (κ1) is 21.6. The number of aromatic nitrogens is 1. The van der Waals surface area contributed by atoms with Gasteiger partial charge in [0.15, 0.2) is 5.13 Å². The van der Waals surface area contributed by atoms with Crippen LogP contribution in [-0.4, -0.2) is 47.2 Å². The van der Waals surface area contributed by atoms with Crippen LogP contribution in [0.4, 0.5) is 5.13 Å². The summed E-state index contributed by atoms with van der Waals surface area (Å²) in [5.41, 5.74) is 1.00. The molecule has 0 aliphatic rings. The average molecular weight is 407 g/mol. The highest BCUT2D eigenvalue weighted by Crippen LogP contribution is 2.18. The maximum Gasteiger partial charge on any atom is 0.260 e. The van der Waals surface area contributed by atoms with Crippen molar-refractivity contribution in [3.8, 4) is 0 Å². The van der Waals surface area contributed by atoms with E-state index in [1.165, 1.54) is 22.5 Å². The molecule has 0 aliphatic heterocycles. The number of hydrogen-bond acceptors (Lipinski definition) is 6. The molecule has 0 fully saturated rings. The molecular formula is C19H26N4O4S. The number of amides is 3. The molecule has 2 aromatic heterocycles. The van der Waals surface area contributed by atoms with E-state index in [0.29, 0.717) is 35.2 Å². The Morgan fingerprint density at radius 3 is 2.68 bits per heavy atom. The van der Waals surface area contributed by atoms with Crippen LogP contribution >= 0.6 is 11.3 Å². The number of nitrogens with one attached hydrogen (secondary N) is 2. The van der Waals surface area contributed by atoms with Gasteiger partial charge in [-0.15, -0.1) is 11.3 Å². The Balaban J connectivity index is 1.94. The fourth-order valence-electron chi connectivity index (χ4n) is 2.55. The van der Waals surface area contributed by atoms with Gasteiger partial charge in [0.1, 0.15) is 5.76 Å². The van der Waals surface area contributed by atoms with E-state index in [9.17, 15) is 14.4 Å². The predicted molar refractivity (Wildman–Crippen MR) is 107 cm³/mol. The maximum absolute atomic E-state index is 12.6. The molecule has 2 aromatic rings. The third-order valence-corrected chi connectivity index (χ3v) is 4.77. The Hall–Kier alpha value is -2.68. The van der Waals surface area contributed by atoms with E-state index in [0.717, 1.165) is 12.8 Å². The van der Waals surface area contributed by atoms with Gasteiger partial charge in [-0.05, 0) is 25.8 Å². The van der Waals surface area contributed by atoms with Crippen LogP contribution in [0.25, 0.3) is 0 Å². The number of furan rings is 1. The van der Waals surface area contributed by atoms with Gasteiger partial charge < -0.3 is 14.6 Å². The molecule has 0 saturated heterocycles. The van der Waals surface area contributed by atoms with Crippen LogP contribution < -0.4 is 10.6 Å². The summed E-state index contributed by atoms with van der Waals surface area (Å²) in [6, 6.07) is 1.59. The zero-order valence-electron chi connectivity index (χ0n) is 16.4. The molecule has 0 spiro atoms. The number of hydrogen-bond donors (Lipinski definition) is 2. The van der Waals surface area contributed by atoms with Crippen LogP contribution in [-0.2, 0) is 16.0 Å². The summed E-state index contributed by atoms with van der Waals surface area (Å²) >= 11 is 1.25. The van der Waals surface area contributed by atoms with Crippen LogP contribution in [0.15, 0.2) is 22.1 Å². The van der Waals surface area contributed by atoms with E-state index in [4.69, 9.17) is 4.42 Å². The van der Waals surface area contributed by atoms with Crippen molar-refractivity contribution in [2.75, 3.05) is 25.0 Å². The molecule has 2 rings (SSSR count). The van der Waals surface area contributed by atoms with Gasteiger partial charge in [-0.2, -0.15) is 0 Å². The molecule has 0 bridgehead atoms. The Morgan fingerprint density at radius 2 is 2.04 bits per heavy atom. The topological polar surface area (TPSA) is 105 Å². The molecule has 0 unspecified atom stereocenters. The second-order valence-electron chi connectivity index (χ2n) is 6.33. The predicted octanol–water partition coefficient (Wildman–Crippen LogP) is 2.60. The molecule has 3 amide bonds. The van der Waals surface area contributed by atoms with E-state index in [1.807, 2.05) is 13.8 Å². The summed E-state index contributed by atoms with van der Waals surface area (Å²) in [7, 11) is 0. The van der Waals surface area contributed by atoms with E-state index in [2.05, 4.69) is 15.6 Å². The summed E-state index contributed by atoms with van der Waals surface area (Å²) in [6.45, 7) is 6.78. The van der Waals surface area contributed by atoms with Gasteiger partial charge in [-0.1, -0.05) is 13.8 Å². The summed E-state index contributed by atoms with van der Waals surface area (Å²) in [6.07, 6.45) is 3.14. The monoisotopic (exact) mass is 406 g/mol. The molecule has 2 heterocycles. The van der Waals surface area contributed by atoms with Crippen molar-refractivity contribution < 1.29 is 18.8 Å². The van der Waals surface area contributed by atoms with Crippen molar-refractivity contribution in [2.24, 2.45) is 0 Å². The second-order valence-corrected chi connectivity index (χ2v) is 7.19. The van der Waals surface area contributed by atoms with Gasteiger partial charge in [-0.25, -0.2) is 4.98 Å². The molecule has 2 N–H and O–H groups in total. The SMILES string of the molecule is CCCNC(=O)CN(CCC)C(=O)Cc1csc(NC(=O)c2ccoc2C)n1. The van der Waals surface area contributed by atoms with Gasteiger partial charge in [0.05, 0.1) is 30.5 Å². The number of thiazole rings is 1. The molecule has 0 aromatic carbocycles. The zero-order valence-corrected chi connectivity index (χ0v) is 17.2. The van der Waals surface area contributed by atoms with Crippen molar-refractivity contribution in [1.82, 2.24) is 15.2 Å². The number of carbonyl (C=O) groups is 3. The minimum absolute atomic E-state index is 0.0418. The van der Waals surface area contributed by atoms with Crippen molar-refractivity contribution >= 4 is 34.2 Å². The van der Waals surface area contributed by atoms with E-state index >= 15 is 0 Å². The second kappa shape index (κ2) is 10.6.